The third-order valence-corrected chi connectivity index (χ3v) is 3.23. The van der Waals surface area contributed by atoms with Crippen molar-refractivity contribution in [2.24, 2.45) is 11.3 Å². The monoisotopic (exact) mass is 199 g/mol. The maximum absolute atomic E-state index is 9.89. The third-order valence-electron chi connectivity index (χ3n) is 3.23. The van der Waals surface area contributed by atoms with Gasteiger partial charge in [-0.3, -0.25) is 0 Å². The Morgan fingerprint density at radius 2 is 2.07 bits per heavy atom. The van der Waals surface area contributed by atoms with Gasteiger partial charge in [-0.1, -0.05) is 27.7 Å². The van der Waals surface area contributed by atoms with Crippen molar-refractivity contribution < 1.29 is 5.11 Å². The van der Waals surface area contributed by atoms with Crippen molar-refractivity contribution in [3.63, 3.8) is 0 Å². The van der Waals surface area contributed by atoms with Gasteiger partial charge >= 0.3 is 0 Å². The summed E-state index contributed by atoms with van der Waals surface area (Å²) in [5.41, 5.74) is 0.0331. The fourth-order valence-corrected chi connectivity index (χ4v) is 1.97. The summed E-state index contributed by atoms with van der Waals surface area (Å²) in [4.78, 5) is 2.47. The summed E-state index contributed by atoms with van der Waals surface area (Å²) in [5, 5.41) is 9.89. The molecule has 1 rings (SSSR count). The minimum absolute atomic E-state index is 0.0331. The number of nitrogens with zero attached hydrogens (tertiary/aromatic N) is 1. The van der Waals surface area contributed by atoms with Gasteiger partial charge in [0.05, 0.1) is 6.10 Å². The lowest BCUT2D eigenvalue weighted by Gasteiger charge is -2.27. The maximum atomic E-state index is 9.89. The molecule has 0 saturated carbocycles. The van der Waals surface area contributed by atoms with Crippen LogP contribution in [0.4, 0.5) is 0 Å². The number of likely N-dealkylation sites (tertiary alicyclic amines) is 1. The second kappa shape index (κ2) is 4.63. The van der Waals surface area contributed by atoms with Crippen molar-refractivity contribution in [1.82, 2.24) is 4.90 Å². The first-order chi connectivity index (χ1) is 6.39. The lowest BCUT2D eigenvalue weighted by Crippen LogP contribution is -2.31. The highest BCUT2D eigenvalue weighted by atomic mass is 16.3. The molecule has 0 amide bonds. The zero-order valence-corrected chi connectivity index (χ0v) is 10.1. The molecular formula is C12H25NO. The molecule has 1 heterocycles. The van der Waals surface area contributed by atoms with Crippen molar-refractivity contribution in [3.8, 4) is 0 Å². The Hall–Kier alpha value is -0.0800. The summed E-state index contributed by atoms with van der Waals surface area (Å²) in [5.74, 6) is 0.849. The van der Waals surface area contributed by atoms with Crippen molar-refractivity contribution in [3.05, 3.63) is 0 Å². The van der Waals surface area contributed by atoms with Gasteiger partial charge in [-0.25, -0.2) is 0 Å². The Kier molecular flexibility index (Phi) is 3.96. The Bertz CT molecular complexity index is 174. The highest BCUT2D eigenvalue weighted by Gasteiger charge is 2.24. The van der Waals surface area contributed by atoms with Crippen LogP contribution >= 0.6 is 0 Å². The molecule has 1 aliphatic heterocycles. The van der Waals surface area contributed by atoms with Crippen LogP contribution in [0.1, 0.15) is 40.5 Å². The highest BCUT2D eigenvalue weighted by Crippen LogP contribution is 2.23. The summed E-state index contributed by atoms with van der Waals surface area (Å²) in [6.07, 6.45) is 2.07. The first-order valence-corrected chi connectivity index (χ1v) is 5.80. The van der Waals surface area contributed by atoms with Gasteiger partial charge in [-0.05, 0) is 30.7 Å². The Morgan fingerprint density at radius 3 is 2.50 bits per heavy atom. The minimum Gasteiger partial charge on any atom is -0.393 e. The van der Waals surface area contributed by atoms with Crippen molar-refractivity contribution in [2.75, 3.05) is 19.6 Å². The molecule has 1 aliphatic rings. The van der Waals surface area contributed by atoms with Gasteiger partial charge in [0.25, 0.3) is 0 Å². The lowest BCUT2D eigenvalue weighted by molar-refractivity contribution is 0.0475. The van der Waals surface area contributed by atoms with E-state index in [9.17, 15) is 5.11 Å². The van der Waals surface area contributed by atoms with Gasteiger partial charge in [0.15, 0.2) is 0 Å². The van der Waals surface area contributed by atoms with Gasteiger partial charge < -0.3 is 10.0 Å². The van der Waals surface area contributed by atoms with Crippen LogP contribution in [-0.2, 0) is 0 Å². The highest BCUT2D eigenvalue weighted by molar-refractivity contribution is 4.77. The van der Waals surface area contributed by atoms with Gasteiger partial charge in [0, 0.05) is 13.1 Å². The molecule has 0 radical (unpaired) electrons. The topological polar surface area (TPSA) is 23.5 Å². The van der Waals surface area contributed by atoms with E-state index in [1.165, 1.54) is 19.5 Å². The maximum Gasteiger partial charge on any atom is 0.0600 e. The Labute approximate surface area is 88.3 Å². The molecule has 0 aliphatic carbocycles. The summed E-state index contributed by atoms with van der Waals surface area (Å²) in [6, 6.07) is 0. The first kappa shape index (κ1) is 12.0. The standard InChI is InChI=1S/C12H25NO/c1-10-5-7-13(9-10)8-6-11(14)12(2,3)4/h10-11,14H,5-9H2,1-4H3. The summed E-state index contributed by atoms with van der Waals surface area (Å²) >= 11 is 0. The molecule has 1 saturated heterocycles. The van der Waals surface area contributed by atoms with Gasteiger partial charge in [-0.15, -0.1) is 0 Å². The third kappa shape index (κ3) is 3.58. The lowest BCUT2D eigenvalue weighted by atomic mass is 9.87. The number of aliphatic hydroxyl groups excluding tert-OH is 1. The van der Waals surface area contributed by atoms with E-state index in [4.69, 9.17) is 0 Å². The number of hydrogen-bond donors (Lipinski definition) is 1. The van der Waals surface area contributed by atoms with E-state index in [2.05, 4.69) is 32.6 Å². The number of aliphatic hydroxyl groups is 1. The predicted octanol–water partition coefficient (Wildman–Crippen LogP) is 2.13. The molecule has 0 aromatic carbocycles. The molecule has 1 fully saturated rings. The molecule has 14 heavy (non-hydrogen) atoms. The molecule has 0 aromatic heterocycles. The van der Waals surface area contributed by atoms with E-state index in [1.807, 2.05) is 0 Å². The van der Waals surface area contributed by atoms with Crippen LogP contribution in [0, 0.1) is 11.3 Å². The summed E-state index contributed by atoms with van der Waals surface area (Å²) in [6.45, 7) is 12.1. The molecule has 2 heteroatoms. The molecule has 2 atom stereocenters. The van der Waals surface area contributed by atoms with Crippen LogP contribution in [0.5, 0.6) is 0 Å². The first-order valence-electron chi connectivity index (χ1n) is 5.80. The van der Waals surface area contributed by atoms with Gasteiger partial charge in [0.2, 0.25) is 0 Å². The Morgan fingerprint density at radius 1 is 1.43 bits per heavy atom. The van der Waals surface area contributed by atoms with Gasteiger partial charge in [0.1, 0.15) is 0 Å². The molecule has 1 N–H and O–H groups in total. The zero-order valence-electron chi connectivity index (χ0n) is 10.1. The molecular weight excluding hydrogens is 174 g/mol. The fourth-order valence-electron chi connectivity index (χ4n) is 1.97. The molecule has 0 bridgehead atoms. The van der Waals surface area contributed by atoms with Crippen molar-refractivity contribution >= 4 is 0 Å². The summed E-state index contributed by atoms with van der Waals surface area (Å²) < 4.78 is 0. The zero-order chi connectivity index (χ0) is 10.8. The minimum atomic E-state index is -0.168. The normalized spacial score (nSPS) is 26.8. The van der Waals surface area contributed by atoms with Crippen LogP contribution in [0.3, 0.4) is 0 Å². The van der Waals surface area contributed by atoms with E-state index in [-0.39, 0.29) is 11.5 Å². The summed E-state index contributed by atoms with van der Waals surface area (Å²) in [7, 11) is 0. The second-order valence-corrected chi connectivity index (χ2v) is 5.86. The van der Waals surface area contributed by atoms with Crippen molar-refractivity contribution in [1.29, 1.82) is 0 Å². The predicted molar refractivity (Wildman–Crippen MR) is 60.3 cm³/mol. The van der Waals surface area contributed by atoms with E-state index in [0.29, 0.717) is 0 Å². The number of hydrogen-bond acceptors (Lipinski definition) is 2. The Balaban J connectivity index is 2.21. The molecule has 2 unspecified atom stereocenters. The second-order valence-electron chi connectivity index (χ2n) is 5.86. The van der Waals surface area contributed by atoms with E-state index >= 15 is 0 Å². The molecule has 0 spiro atoms. The number of rotatable bonds is 3. The largest absolute Gasteiger partial charge is 0.393 e. The van der Waals surface area contributed by atoms with Crippen LogP contribution in [-0.4, -0.2) is 35.7 Å². The average Bonchev–Trinajstić information content (AvgIpc) is 2.45. The molecule has 2 nitrogen and oxygen atoms in total. The van der Waals surface area contributed by atoms with Crippen molar-refractivity contribution in [2.45, 2.75) is 46.6 Å². The fraction of sp³-hybridized carbons (Fsp3) is 1.00. The van der Waals surface area contributed by atoms with E-state index in [0.717, 1.165) is 18.9 Å². The van der Waals surface area contributed by atoms with Crippen LogP contribution in [0.15, 0.2) is 0 Å². The van der Waals surface area contributed by atoms with Gasteiger partial charge in [-0.2, -0.15) is 0 Å². The average molecular weight is 199 g/mol. The quantitative estimate of drug-likeness (QED) is 0.752. The van der Waals surface area contributed by atoms with Crippen LogP contribution < -0.4 is 0 Å². The van der Waals surface area contributed by atoms with Crippen LogP contribution in [0.25, 0.3) is 0 Å². The smallest absolute Gasteiger partial charge is 0.0600 e. The van der Waals surface area contributed by atoms with E-state index in [1.54, 1.807) is 0 Å². The molecule has 0 aromatic rings. The SMILES string of the molecule is CC1CCN(CCC(O)C(C)(C)C)C1. The molecule has 84 valence electrons. The van der Waals surface area contributed by atoms with E-state index < -0.39 is 0 Å². The van der Waals surface area contributed by atoms with Crippen LogP contribution in [0.2, 0.25) is 0 Å².